The molecule has 0 spiro atoms. The molecule has 0 saturated heterocycles. The van der Waals surface area contributed by atoms with Gasteiger partial charge in [0.2, 0.25) is 0 Å². The molecule has 96 valence electrons. The molecule has 2 N–H and O–H groups in total. The molecule has 17 heavy (non-hydrogen) atoms. The topological polar surface area (TPSA) is 32.3 Å². The second-order valence-electron chi connectivity index (χ2n) is 5.29. The molecule has 0 fully saturated rings. The largest absolute Gasteiger partial charge is 0.395 e. The molecule has 0 heterocycles. The summed E-state index contributed by atoms with van der Waals surface area (Å²) < 4.78 is 0. The van der Waals surface area contributed by atoms with Crippen molar-refractivity contribution in [3.8, 4) is 0 Å². The van der Waals surface area contributed by atoms with Crippen LogP contribution in [0.25, 0.3) is 0 Å². The van der Waals surface area contributed by atoms with E-state index in [4.69, 9.17) is 5.11 Å². The number of aryl methyl sites for hydroxylation is 1. The van der Waals surface area contributed by atoms with Gasteiger partial charge >= 0.3 is 0 Å². The van der Waals surface area contributed by atoms with E-state index < -0.39 is 0 Å². The van der Waals surface area contributed by atoms with Gasteiger partial charge in [0, 0.05) is 12.1 Å². The highest BCUT2D eigenvalue weighted by Crippen LogP contribution is 2.12. The fourth-order valence-corrected chi connectivity index (χ4v) is 1.88. The van der Waals surface area contributed by atoms with Crippen molar-refractivity contribution in [2.75, 3.05) is 6.61 Å². The summed E-state index contributed by atoms with van der Waals surface area (Å²) in [5.41, 5.74) is 2.65. The van der Waals surface area contributed by atoms with Gasteiger partial charge in [-0.25, -0.2) is 0 Å². The van der Waals surface area contributed by atoms with Crippen LogP contribution in [0.4, 0.5) is 0 Å². The maximum atomic E-state index is 9.11. The first-order chi connectivity index (χ1) is 8.02. The SMILES string of the molecule is Cc1ccc(CC(N[C@H](C)CO)C(C)C)cc1. The van der Waals surface area contributed by atoms with E-state index >= 15 is 0 Å². The molecule has 2 atom stereocenters. The Morgan fingerprint density at radius 2 is 1.71 bits per heavy atom. The molecule has 0 aliphatic heterocycles. The molecule has 1 aromatic carbocycles. The van der Waals surface area contributed by atoms with E-state index in [9.17, 15) is 0 Å². The van der Waals surface area contributed by atoms with Gasteiger partial charge in [-0.15, -0.1) is 0 Å². The summed E-state index contributed by atoms with van der Waals surface area (Å²) in [6, 6.07) is 9.27. The summed E-state index contributed by atoms with van der Waals surface area (Å²) in [6.07, 6.45) is 1.02. The Morgan fingerprint density at radius 3 is 2.18 bits per heavy atom. The number of hydrogen-bond donors (Lipinski definition) is 2. The van der Waals surface area contributed by atoms with Gasteiger partial charge < -0.3 is 10.4 Å². The average molecular weight is 235 g/mol. The summed E-state index contributed by atoms with van der Waals surface area (Å²) in [5, 5.41) is 12.6. The Balaban J connectivity index is 2.63. The Hall–Kier alpha value is -0.860. The summed E-state index contributed by atoms with van der Waals surface area (Å²) in [4.78, 5) is 0. The minimum Gasteiger partial charge on any atom is -0.395 e. The van der Waals surface area contributed by atoms with Gasteiger partial charge in [0.1, 0.15) is 0 Å². The van der Waals surface area contributed by atoms with Crippen LogP contribution in [-0.2, 0) is 6.42 Å². The third-order valence-electron chi connectivity index (χ3n) is 3.15. The lowest BCUT2D eigenvalue weighted by atomic mass is 9.95. The van der Waals surface area contributed by atoms with Crippen LogP contribution < -0.4 is 5.32 Å². The molecule has 0 aromatic heterocycles. The number of aliphatic hydroxyl groups excluding tert-OH is 1. The number of benzene rings is 1. The third-order valence-corrected chi connectivity index (χ3v) is 3.15. The molecule has 0 bridgehead atoms. The van der Waals surface area contributed by atoms with Gasteiger partial charge in [0.05, 0.1) is 6.61 Å². The Morgan fingerprint density at radius 1 is 1.12 bits per heavy atom. The van der Waals surface area contributed by atoms with Crippen LogP contribution in [0.2, 0.25) is 0 Å². The quantitative estimate of drug-likeness (QED) is 0.794. The van der Waals surface area contributed by atoms with E-state index in [1.165, 1.54) is 11.1 Å². The molecule has 0 saturated carbocycles. The second-order valence-corrected chi connectivity index (χ2v) is 5.29. The Bertz CT molecular complexity index is 318. The van der Waals surface area contributed by atoms with Gasteiger partial charge in [-0.2, -0.15) is 0 Å². The van der Waals surface area contributed by atoms with Crippen molar-refractivity contribution in [1.82, 2.24) is 5.32 Å². The van der Waals surface area contributed by atoms with Gasteiger partial charge in [-0.1, -0.05) is 43.7 Å². The molecular weight excluding hydrogens is 210 g/mol. The predicted molar refractivity (Wildman–Crippen MR) is 73.2 cm³/mol. The molecule has 0 radical (unpaired) electrons. The zero-order valence-corrected chi connectivity index (χ0v) is 11.4. The van der Waals surface area contributed by atoms with Crippen LogP contribution in [0.15, 0.2) is 24.3 Å². The average Bonchev–Trinajstić information content (AvgIpc) is 2.30. The molecule has 1 unspecified atom stereocenters. The number of hydrogen-bond acceptors (Lipinski definition) is 2. The highest BCUT2D eigenvalue weighted by molar-refractivity contribution is 5.22. The predicted octanol–water partition coefficient (Wildman–Crippen LogP) is 2.53. The van der Waals surface area contributed by atoms with Crippen molar-refractivity contribution in [1.29, 1.82) is 0 Å². The standard InChI is InChI=1S/C15H25NO/c1-11(2)15(16-13(4)10-17)9-14-7-5-12(3)6-8-14/h5-8,11,13,15-17H,9-10H2,1-4H3/t13-,15?/m1/s1. The smallest absolute Gasteiger partial charge is 0.0582 e. The normalized spacial score (nSPS) is 14.9. The lowest BCUT2D eigenvalue weighted by molar-refractivity contribution is 0.228. The van der Waals surface area contributed by atoms with Gasteiger partial charge in [0.15, 0.2) is 0 Å². The van der Waals surface area contributed by atoms with E-state index in [0.29, 0.717) is 12.0 Å². The second kappa shape index (κ2) is 6.77. The first-order valence-electron chi connectivity index (χ1n) is 6.45. The number of aliphatic hydroxyl groups is 1. The van der Waals surface area contributed by atoms with Crippen LogP contribution >= 0.6 is 0 Å². The fraction of sp³-hybridized carbons (Fsp3) is 0.600. The highest BCUT2D eigenvalue weighted by Gasteiger charge is 2.15. The zero-order valence-electron chi connectivity index (χ0n) is 11.4. The molecule has 0 aliphatic carbocycles. The lowest BCUT2D eigenvalue weighted by Gasteiger charge is -2.25. The third kappa shape index (κ3) is 4.88. The summed E-state index contributed by atoms with van der Waals surface area (Å²) >= 11 is 0. The van der Waals surface area contributed by atoms with Crippen molar-refractivity contribution in [2.24, 2.45) is 5.92 Å². The maximum Gasteiger partial charge on any atom is 0.0582 e. The molecular formula is C15H25NO. The summed E-state index contributed by atoms with van der Waals surface area (Å²) in [7, 11) is 0. The lowest BCUT2D eigenvalue weighted by Crippen LogP contribution is -2.43. The molecule has 2 heteroatoms. The fourth-order valence-electron chi connectivity index (χ4n) is 1.88. The minimum atomic E-state index is 0.160. The van der Waals surface area contributed by atoms with Crippen molar-refractivity contribution >= 4 is 0 Å². The van der Waals surface area contributed by atoms with Crippen LogP contribution in [0.1, 0.15) is 31.9 Å². The molecule has 1 aromatic rings. The van der Waals surface area contributed by atoms with E-state index in [2.05, 4.69) is 50.4 Å². The molecule has 1 rings (SSSR count). The molecule has 0 aliphatic rings. The highest BCUT2D eigenvalue weighted by atomic mass is 16.3. The monoisotopic (exact) mass is 235 g/mol. The van der Waals surface area contributed by atoms with Gasteiger partial charge in [-0.3, -0.25) is 0 Å². The molecule has 2 nitrogen and oxygen atoms in total. The summed E-state index contributed by atoms with van der Waals surface area (Å²) in [5.74, 6) is 0.560. The van der Waals surface area contributed by atoms with Crippen LogP contribution in [0.5, 0.6) is 0 Å². The van der Waals surface area contributed by atoms with Crippen LogP contribution in [0, 0.1) is 12.8 Å². The van der Waals surface area contributed by atoms with E-state index in [-0.39, 0.29) is 12.6 Å². The Kier molecular flexibility index (Phi) is 5.66. The van der Waals surface area contributed by atoms with Crippen LogP contribution in [0.3, 0.4) is 0 Å². The summed E-state index contributed by atoms with van der Waals surface area (Å²) in [6.45, 7) is 8.75. The van der Waals surface area contributed by atoms with Crippen molar-refractivity contribution < 1.29 is 5.11 Å². The van der Waals surface area contributed by atoms with Crippen molar-refractivity contribution in [2.45, 2.75) is 46.2 Å². The maximum absolute atomic E-state index is 9.11. The van der Waals surface area contributed by atoms with Crippen LogP contribution in [-0.4, -0.2) is 23.8 Å². The van der Waals surface area contributed by atoms with Crippen molar-refractivity contribution in [3.63, 3.8) is 0 Å². The number of nitrogens with one attached hydrogen (secondary N) is 1. The first-order valence-corrected chi connectivity index (χ1v) is 6.45. The first kappa shape index (κ1) is 14.2. The van der Waals surface area contributed by atoms with Gasteiger partial charge in [0.25, 0.3) is 0 Å². The van der Waals surface area contributed by atoms with Crippen molar-refractivity contribution in [3.05, 3.63) is 35.4 Å². The zero-order chi connectivity index (χ0) is 12.8. The molecule has 0 amide bonds. The van der Waals surface area contributed by atoms with E-state index in [1.807, 2.05) is 6.92 Å². The minimum absolute atomic E-state index is 0.160. The van der Waals surface area contributed by atoms with Gasteiger partial charge in [-0.05, 0) is 31.7 Å². The van der Waals surface area contributed by atoms with E-state index in [1.54, 1.807) is 0 Å². The van der Waals surface area contributed by atoms with E-state index in [0.717, 1.165) is 6.42 Å². The number of rotatable bonds is 6. The Labute approximate surface area is 105 Å².